The second-order valence-corrected chi connectivity index (χ2v) is 7.12. The molecule has 1 aliphatic heterocycles. The smallest absolute Gasteiger partial charge is 0.161 e. The lowest BCUT2D eigenvalue weighted by atomic mass is 10.1. The summed E-state index contributed by atoms with van der Waals surface area (Å²) in [4.78, 5) is 1.03. The average molecular weight is 329 g/mol. The van der Waals surface area contributed by atoms with Gasteiger partial charge in [0, 0.05) is 10.8 Å². The highest BCUT2D eigenvalue weighted by Crippen LogP contribution is 2.39. The molecule has 0 aliphatic carbocycles. The third-order valence-electron chi connectivity index (χ3n) is 3.15. The Hall–Kier alpha value is -0.900. The molecule has 0 bridgehead atoms. The van der Waals surface area contributed by atoms with Gasteiger partial charge in [0.25, 0.3) is 0 Å². The molecule has 2 nitrogen and oxygen atoms in total. The summed E-state index contributed by atoms with van der Waals surface area (Å²) in [5.41, 5.74) is 0.988. The molecule has 0 saturated heterocycles. The first kappa shape index (κ1) is 14.1. The first-order valence-corrected chi connectivity index (χ1v) is 8.05. The number of thiophene rings is 1. The largest absolute Gasteiger partial charge is 0.489 e. The van der Waals surface area contributed by atoms with E-state index in [-0.39, 0.29) is 5.38 Å². The Morgan fingerprint density at radius 1 is 1.15 bits per heavy atom. The zero-order chi connectivity index (χ0) is 14.1. The summed E-state index contributed by atoms with van der Waals surface area (Å²) >= 11 is 14.0. The van der Waals surface area contributed by atoms with Crippen molar-refractivity contribution < 1.29 is 9.47 Å². The van der Waals surface area contributed by atoms with Crippen molar-refractivity contribution in [2.24, 2.45) is 5.92 Å². The molecule has 2 unspecified atom stereocenters. The van der Waals surface area contributed by atoms with Crippen LogP contribution in [0.1, 0.15) is 22.7 Å². The Kier molecular flexibility index (Phi) is 4.11. The molecule has 0 amide bonds. The van der Waals surface area contributed by atoms with E-state index in [4.69, 9.17) is 32.7 Å². The molecule has 1 aliphatic rings. The maximum atomic E-state index is 6.51. The summed E-state index contributed by atoms with van der Waals surface area (Å²) in [6.07, 6.45) is 0. The number of fused-ring (bicyclic) bond motifs is 1. The average Bonchev–Trinajstić information content (AvgIpc) is 2.80. The van der Waals surface area contributed by atoms with Gasteiger partial charge in [-0.1, -0.05) is 24.6 Å². The number of rotatable bonds is 2. The van der Waals surface area contributed by atoms with E-state index in [0.29, 0.717) is 19.1 Å². The molecular formula is C15H14Cl2O2S. The van der Waals surface area contributed by atoms with E-state index in [9.17, 15) is 0 Å². The van der Waals surface area contributed by atoms with Gasteiger partial charge in [0.05, 0.1) is 22.9 Å². The molecule has 2 heterocycles. The first-order valence-electron chi connectivity index (χ1n) is 6.42. The van der Waals surface area contributed by atoms with Crippen molar-refractivity contribution in [1.29, 1.82) is 0 Å². The number of benzene rings is 1. The second-order valence-electron chi connectivity index (χ2n) is 4.94. The van der Waals surface area contributed by atoms with Crippen molar-refractivity contribution in [3.8, 4) is 11.5 Å². The normalized spacial score (nSPS) is 19.4. The topological polar surface area (TPSA) is 18.5 Å². The summed E-state index contributed by atoms with van der Waals surface area (Å²) in [5.74, 6) is 1.93. The first-order chi connectivity index (χ1) is 9.63. The molecule has 2 aromatic rings. The number of hydrogen-bond donors (Lipinski definition) is 0. The minimum atomic E-state index is -0.220. The van der Waals surface area contributed by atoms with Gasteiger partial charge in [-0.3, -0.25) is 0 Å². The summed E-state index contributed by atoms with van der Waals surface area (Å²) in [6.45, 7) is 3.44. The molecule has 0 N–H and O–H groups in total. The molecule has 0 spiro atoms. The molecule has 0 saturated carbocycles. The van der Waals surface area contributed by atoms with Crippen molar-refractivity contribution in [3.05, 3.63) is 45.1 Å². The van der Waals surface area contributed by atoms with E-state index in [0.717, 1.165) is 26.3 Å². The third kappa shape index (κ3) is 2.90. The lowest BCUT2D eigenvalue weighted by Crippen LogP contribution is -2.12. The van der Waals surface area contributed by atoms with Crippen LogP contribution in [0.3, 0.4) is 0 Å². The van der Waals surface area contributed by atoms with Crippen LogP contribution in [-0.4, -0.2) is 13.2 Å². The van der Waals surface area contributed by atoms with E-state index in [1.165, 1.54) is 11.3 Å². The van der Waals surface area contributed by atoms with Crippen LogP contribution in [0.25, 0.3) is 0 Å². The maximum Gasteiger partial charge on any atom is 0.161 e. The standard InChI is InChI=1S/C15H14Cl2O2S/c1-9-7-18-11-3-2-10(6-12(11)19-8-9)15(17)13-4-5-14(16)20-13/h2-6,9,15H,7-8H2,1H3. The molecule has 1 aromatic heterocycles. The van der Waals surface area contributed by atoms with E-state index in [1.807, 2.05) is 30.3 Å². The van der Waals surface area contributed by atoms with Crippen LogP contribution < -0.4 is 9.47 Å². The Morgan fingerprint density at radius 2 is 1.90 bits per heavy atom. The molecule has 5 heteroatoms. The summed E-state index contributed by atoms with van der Waals surface area (Å²) in [7, 11) is 0. The SMILES string of the molecule is CC1COc2ccc(C(Cl)c3ccc(Cl)s3)cc2OC1. The van der Waals surface area contributed by atoms with Crippen LogP contribution in [-0.2, 0) is 0 Å². The van der Waals surface area contributed by atoms with Crippen LogP contribution >= 0.6 is 34.5 Å². The second kappa shape index (κ2) is 5.84. The number of alkyl halides is 1. The van der Waals surface area contributed by atoms with Gasteiger partial charge in [-0.2, -0.15) is 0 Å². The van der Waals surface area contributed by atoms with Gasteiger partial charge in [-0.05, 0) is 29.8 Å². The molecule has 1 aromatic carbocycles. The molecule has 3 rings (SSSR count). The fraction of sp³-hybridized carbons (Fsp3) is 0.333. The van der Waals surface area contributed by atoms with Crippen LogP contribution in [0.5, 0.6) is 11.5 Å². The minimum Gasteiger partial charge on any atom is -0.489 e. The third-order valence-corrected chi connectivity index (χ3v) is 5.06. The van der Waals surface area contributed by atoms with Crippen molar-refractivity contribution in [2.75, 3.05) is 13.2 Å². The fourth-order valence-corrected chi connectivity index (χ4v) is 3.46. The van der Waals surface area contributed by atoms with Crippen LogP contribution in [0.2, 0.25) is 4.34 Å². The number of hydrogen-bond acceptors (Lipinski definition) is 3. The molecule has 0 radical (unpaired) electrons. The van der Waals surface area contributed by atoms with Gasteiger partial charge in [0.2, 0.25) is 0 Å². The summed E-state index contributed by atoms with van der Waals surface area (Å²) in [5, 5.41) is -0.220. The van der Waals surface area contributed by atoms with E-state index in [1.54, 1.807) is 0 Å². The predicted molar refractivity (Wildman–Crippen MR) is 83.6 cm³/mol. The van der Waals surface area contributed by atoms with E-state index >= 15 is 0 Å². The predicted octanol–water partition coefficient (Wildman–Crippen LogP) is 5.14. The van der Waals surface area contributed by atoms with Crippen molar-refractivity contribution in [3.63, 3.8) is 0 Å². The van der Waals surface area contributed by atoms with Gasteiger partial charge in [0.1, 0.15) is 0 Å². The zero-order valence-electron chi connectivity index (χ0n) is 10.9. The van der Waals surface area contributed by atoms with Gasteiger partial charge >= 0.3 is 0 Å². The van der Waals surface area contributed by atoms with Crippen molar-refractivity contribution in [2.45, 2.75) is 12.3 Å². The Morgan fingerprint density at radius 3 is 2.60 bits per heavy atom. The molecule has 20 heavy (non-hydrogen) atoms. The lowest BCUT2D eigenvalue weighted by molar-refractivity contribution is 0.228. The number of ether oxygens (including phenoxy) is 2. The highest BCUT2D eigenvalue weighted by molar-refractivity contribution is 7.16. The number of halogens is 2. The molecular weight excluding hydrogens is 315 g/mol. The molecule has 2 atom stereocenters. The fourth-order valence-electron chi connectivity index (χ4n) is 2.06. The Labute approximate surface area is 132 Å². The highest BCUT2D eigenvalue weighted by Gasteiger charge is 2.19. The maximum absolute atomic E-state index is 6.51. The van der Waals surface area contributed by atoms with Crippen LogP contribution in [0, 0.1) is 5.92 Å². The molecule has 106 valence electrons. The summed E-state index contributed by atoms with van der Waals surface area (Å²) in [6, 6.07) is 9.67. The quantitative estimate of drug-likeness (QED) is 0.711. The zero-order valence-corrected chi connectivity index (χ0v) is 13.3. The van der Waals surface area contributed by atoms with E-state index in [2.05, 4.69) is 6.92 Å². The van der Waals surface area contributed by atoms with E-state index < -0.39 is 0 Å². The van der Waals surface area contributed by atoms with Gasteiger partial charge in [0.15, 0.2) is 11.5 Å². The monoisotopic (exact) mass is 328 g/mol. The van der Waals surface area contributed by atoms with Gasteiger partial charge in [-0.15, -0.1) is 22.9 Å². The van der Waals surface area contributed by atoms with Gasteiger partial charge < -0.3 is 9.47 Å². The Balaban J connectivity index is 1.88. The van der Waals surface area contributed by atoms with Crippen molar-refractivity contribution >= 4 is 34.5 Å². The van der Waals surface area contributed by atoms with Crippen LogP contribution in [0.15, 0.2) is 30.3 Å². The Bertz CT molecular complexity index is 612. The lowest BCUT2D eigenvalue weighted by Gasteiger charge is -2.12. The van der Waals surface area contributed by atoms with Crippen molar-refractivity contribution in [1.82, 2.24) is 0 Å². The summed E-state index contributed by atoms with van der Waals surface area (Å²) < 4.78 is 12.2. The van der Waals surface area contributed by atoms with Crippen LogP contribution in [0.4, 0.5) is 0 Å². The van der Waals surface area contributed by atoms with Gasteiger partial charge in [-0.25, -0.2) is 0 Å². The minimum absolute atomic E-state index is 0.220. The molecule has 0 fully saturated rings. The highest BCUT2D eigenvalue weighted by atomic mass is 35.5.